The molecule has 1 aromatic carbocycles. The van der Waals surface area contributed by atoms with Crippen LogP contribution >= 0.6 is 0 Å². The Kier molecular flexibility index (Phi) is 3.65. The van der Waals surface area contributed by atoms with Gasteiger partial charge in [-0.25, -0.2) is 4.79 Å². The molecular formula is C14H16N2O4. The first kappa shape index (κ1) is 13.9. The average molecular weight is 276 g/mol. The minimum atomic E-state index is -1.05. The van der Waals surface area contributed by atoms with Gasteiger partial charge in [-0.3, -0.25) is 4.68 Å². The van der Waals surface area contributed by atoms with E-state index >= 15 is 0 Å². The zero-order chi connectivity index (χ0) is 14.9. The molecule has 0 aliphatic rings. The summed E-state index contributed by atoms with van der Waals surface area (Å²) in [6.45, 7) is 1.73. The number of hydrogen-bond donors (Lipinski definition) is 1. The van der Waals surface area contributed by atoms with Crippen molar-refractivity contribution in [3.63, 3.8) is 0 Å². The molecule has 0 aliphatic heterocycles. The first-order valence-corrected chi connectivity index (χ1v) is 5.98. The van der Waals surface area contributed by atoms with Gasteiger partial charge in [0, 0.05) is 18.2 Å². The van der Waals surface area contributed by atoms with Crippen LogP contribution < -0.4 is 9.47 Å². The van der Waals surface area contributed by atoms with Gasteiger partial charge < -0.3 is 14.6 Å². The summed E-state index contributed by atoms with van der Waals surface area (Å²) in [6.07, 6.45) is 0. The first-order valence-electron chi connectivity index (χ1n) is 5.98. The van der Waals surface area contributed by atoms with Gasteiger partial charge in [0.05, 0.1) is 19.9 Å². The molecule has 6 nitrogen and oxygen atoms in total. The number of carbonyl (C=O) groups is 1. The lowest BCUT2D eigenvalue weighted by atomic mass is 10.1. The second-order valence-electron chi connectivity index (χ2n) is 4.32. The summed E-state index contributed by atoms with van der Waals surface area (Å²) in [5.74, 6) is 0.248. The molecule has 0 saturated carbocycles. The molecule has 0 fully saturated rings. The van der Waals surface area contributed by atoms with Crippen LogP contribution in [0.25, 0.3) is 11.3 Å². The quantitative estimate of drug-likeness (QED) is 0.925. The predicted molar refractivity (Wildman–Crippen MR) is 73.4 cm³/mol. The molecule has 2 aromatic rings. The molecule has 0 saturated heterocycles. The lowest BCUT2D eigenvalue weighted by Crippen LogP contribution is -2.00. The zero-order valence-electron chi connectivity index (χ0n) is 11.8. The Labute approximate surface area is 116 Å². The van der Waals surface area contributed by atoms with Crippen molar-refractivity contribution in [3.05, 3.63) is 29.5 Å². The Hall–Kier alpha value is -2.50. The molecule has 0 unspecified atom stereocenters. The zero-order valence-corrected chi connectivity index (χ0v) is 11.8. The van der Waals surface area contributed by atoms with Crippen LogP contribution in [0.15, 0.2) is 18.2 Å². The Morgan fingerprint density at radius 1 is 1.30 bits per heavy atom. The van der Waals surface area contributed by atoms with E-state index in [1.165, 1.54) is 4.68 Å². The maximum Gasteiger partial charge on any atom is 0.356 e. The SMILES string of the molecule is COc1ccc(OC)c(-c2c(C)c(C(=O)O)nn2C)c1. The summed E-state index contributed by atoms with van der Waals surface area (Å²) in [4.78, 5) is 11.2. The number of aryl methyl sites for hydroxylation is 1. The maximum absolute atomic E-state index is 11.2. The standard InChI is InChI=1S/C14H16N2O4/c1-8-12(14(17)18)15-16(2)13(8)10-7-9(19-3)5-6-11(10)20-4/h5-7H,1-4H3,(H,17,18). The van der Waals surface area contributed by atoms with Gasteiger partial charge in [0.25, 0.3) is 0 Å². The summed E-state index contributed by atoms with van der Waals surface area (Å²) < 4.78 is 12.1. The van der Waals surface area contributed by atoms with Crippen molar-refractivity contribution in [1.82, 2.24) is 9.78 Å². The van der Waals surface area contributed by atoms with E-state index in [4.69, 9.17) is 14.6 Å². The second kappa shape index (κ2) is 5.24. The number of hydrogen-bond acceptors (Lipinski definition) is 4. The number of nitrogens with zero attached hydrogens (tertiary/aromatic N) is 2. The molecule has 1 heterocycles. The number of ether oxygens (including phenoxy) is 2. The normalized spacial score (nSPS) is 10.4. The highest BCUT2D eigenvalue weighted by Crippen LogP contribution is 2.35. The third kappa shape index (κ3) is 2.20. The van der Waals surface area contributed by atoms with E-state index in [0.717, 1.165) is 5.56 Å². The number of aromatic nitrogens is 2. The van der Waals surface area contributed by atoms with Gasteiger partial charge in [-0.1, -0.05) is 0 Å². The average Bonchev–Trinajstić information content (AvgIpc) is 2.73. The van der Waals surface area contributed by atoms with Gasteiger partial charge in [0.1, 0.15) is 11.5 Å². The number of methoxy groups -OCH3 is 2. The molecule has 0 radical (unpaired) electrons. The monoisotopic (exact) mass is 276 g/mol. The molecule has 0 amide bonds. The molecule has 20 heavy (non-hydrogen) atoms. The molecule has 0 aliphatic carbocycles. The Bertz CT molecular complexity index is 661. The summed E-state index contributed by atoms with van der Waals surface area (Å²) in [5, 5.41) is 13.2. The molecule has 6 heteroatoms. The van der Waals surface area contributed by atoms with Gasteiger partial charge in [-0.15, -0.1) is 0 Å². The number of carboxylic acids is 1. The Morgan fingerprint density at radius 2 is 2.00 bits per heavy atom. The topological polar surface area (TPSA) is 73.6 Å². The number of rotatable bonds is 4. The lowest BCUT2D eigenvalue weighted by Gasteiger charge is -2.11. The van der Waals surface area contributed by atoms with Crippen LogP contribution in [0.2, 0.25) is 0 Å². The van der Waals surface area contributed by atoms with Crippen molar-refractivity contribution in [2.45, 2.75) is 6.92 Å². The molecule has 1 aromatic heterocycles. The third-order valence-electron chi connectivity index (χ3n) is 3.15. The van der Waals surface area contributed by atoms with Crippen molar-refractivity contribution in [3.8, 4) is 22.8 Å². The van der Waals surface area contributed by atoms with E-state index < -0.39 is 5.97 Å². The van der Waals surface area contributed by atoms with Crippen molar-refractivity contribution < 1.29 is 19.4 Å². The number of carboxylic acid groups (broad SMARTS) is 1. The van der Waals surface area contributed by atoms with Gasteiger partial charge in [-0.2, -0.15) is 5.10 Å². The van der Waals surface area contributed by atoms with E-state index in [1.807, 2.05) is 0 Å². The Morgan fingerprint density at radius 3 is 2.50 bits per heavy atom. The van der Waals surface area contributed by atoms with Crippen LogP contribution in [0.1, 0.15) is 16.1 Å². The third-order valence-corrected chi connectivity index (χ3v) is 3.15. The van der Waals surface area contributed by atoms with Gasteiger partial charge in [0.15, 0.2) is 5.69 Å². The van der Waals surface area contributed by atoms with Crippen molar-refractivity contribution in [1.29, 1.82) is 0 Å². The van der Waals surface area contributed by atoms with Crippen LogP contribution in [0, 0.1) is 6.92 Å². The summed E-state index contributed by atoms with van der Waals surface area (Å²) in [6, 6.07) is 5.36. The molecule has 0 spiro atoms. The summed E-state index contributed by atoms with van der Waals surface area (Å²) in [7, 11) is 4.84. The highest BCUT2D eigenvalue weighted by atomic mass is 16.5. The Balaban J connectivity index is 2.70. The van der Waals surface area contributed by atoms with E-state index in [-0.39, 0.29) is 5.69 Å². The summed E-state index contributed by atoms with van der Waals surface area (Å²) >= 11 is 0. The van der Waals surface area contributed by atoms with Crippen LogP contribution in [0.3, 0.4) is 0 Å². The van der Waals surface area contributed by atoms with Crippen LogP contribution in [0.5, 0.6) is 11.5 Å². The minimum Gasteiger partial charge on any atom is -0.497 e. The second-order valence-corrected chi connectivity index (χ2v) is 4.32. The van der Waals surface area contributed by atoms with E-state index in [1.54, 1.807) is 46.4 Å². The van der Waals surface area contributed by atoms with E-state index in [9.17, 15) is 4.79 Å². The molecule has 0 atom stereocenters. The lowest BCUT2D eigenvalue weighted by molar-refractivity contribution is 0.0689. The number of aromatic carboxylic acids is 1. The van der Waals surface area contributed by atoms with Crippen LogP contribution in [-0.2, 0) is 7.05 Å². The van der Waals surface area contributed by atoms with Gasteiger partial charge in [-0.05, 0) is 25.1 Å². The van der Waals surface area contributed by atoms with Gasteiger partial charge >= 0.3 is 5.97 Å². The van der Waals surface area contributed by atoms with E-state index in [2.05, 4.69) is 5.10 Å². The van der Waals surface area contributed by atoms with Crippen LogP contribution in [0.4, 0.5) is 0 Å². The fraction of sp³-hybridized carbons (Fsp3) is 0.286. The van der Waals surface area contributed by atoms with Crippen molar-refractivity contribution in [2.24, 2.45) is 7.05 Å². The van der Waals surface area contributed by atoms with Gasteiger partial charge in [0.2, 0.25) is 0 Å². The van der Waals surface area contributed by atoms with Crippen LogP contribution in [-0.4, -0.2) is 35.1 Å². The minimum absolute atomic E-state index is 0.0346. The smallest absolute Gasteiger partial charge is 0.356 e. The summed E-state index contributed by atoms with van der Waals surface area (Å²) in [5.41, 5.74) is 2.06. The number of benzene rings is 1. The fourth-order valence-corrected chi connectivity index (χ4v) is 2.21. The highest BCUT2D eigenvalue weighted by Gasteiger charge is 2.21. The van der Waals surface area contributed by atoms with Crippen molar-refractivity contribution >= 4 is 5.97 Å². The largest absolute Gasteiger partial charge is 0.497 e. The highest BCUT2D eigenvalue weighted by molar-refractivity contribution is 5.90. The maximum atomic E-state index is 11.2. The first-order chi connectivity index (χ1) is 9.49. The molecule has 106 valence electrons. The molecule has 1 N–H and O–H groups in total. The molecule has 0 bridgehead atoms. The molecule has 2 rings (SSSR count). The predicted octanol–water partition coefficient (Wildman–Crippen LogP) is 2.11. The molecular weight excluding hydrogens is 260 g/mol. The van der Waals surface area contributed by atoms with E-state index in [0.29, 0.717) is 22.8 Å². The fourth-order valence-electron chi connectivity index (χ4n) is 2.21. The van der Waals surface area contributed by atoms with Crippen molar-refractivity contribution in [2.75, 3.05) is 14.2 Å².